The Bertz CT molecular complexity index is 1390. The summed E-state index contributed by atoms with van der Waals surface area (Å²) < 4.78 is 21.5. The highest BCUT2D eigenvalue weighted by Crippen LogP contribution is 2.38. The molecule has 0 aliphatic heterocycles. The van der Waals surface area contributed by atoms with Gasteiger partial charge in [-0.25, -0.2) is 9.78 Å². The normalized spacial score (nSPS) is 11.5. The number of nitrogens with one attached hydrogen (secondary N) is 1. The smallest absolute Gasteiger partial charge is 0.345 e. The van der Waals surface area contributed by atoms with Crippen LogP contribution >= 0.6 is 22.9 Å². The third-order valence-corrected chi connectivity index (χ3v) is 5.86. The maximum Gasteiger partial charge on any atom is 0.345 e. The fraction of sp³-hybridized carbons (Fsp3) is 0.174. The Balaban J connectivity index is 1.60. The first-order valence-corrected chi connectivity index (χ1v) is 11.0. The van der Waals surface area contributed by atoms with E-state index < -0.39 is 5.63 Å². The minimum atomic E-state index is -0.473. The number of hydrogen-bond donors (Lipinski definition) is 1. The van der Waals surface area contributed by atoms with Crippen molar-refractivity contribution < 1.29 is 18.6 Å². The number of hydrogen-bond acceptors (Lipinski definition) is 9. The largest absolute Gasteiger partial charge is 0.493 e. The molecule has 0 aliphatic rings. The molecular weight excluding hydrogens is 466 g/mol. The lowest BCUT2D eigenvalue weighted by Crippen LogP contribution is -2.04. The zero-order chi connectivity index (χ0) is 23.5. The molecule has 0 fully saturated rings. The van der Waals surface area contributed by atoms with Crippen molar-refractivity contribution in [1.82, 2.24) is 4.98 Å². The quantitative estimate of drug-likeness (QED) is 0.212. The monoisotopic (exact) mass is 485 g/mol. The highest BCUT2D eigenvalue weighted by molar-refractivity contribution is 7.14. The SMILES string of the molecule is COc1cc(/C(C)=N/Nc2nc(-c3cc4cc(Cl)ccc4oc3=O)cs2)cc(OC)c1OC. The van der Waals surface area contributed by atoms with Crippen LogP contribution in [0.15, 0.2) is 56.1 Å². The number of hydrazone groups is 1. The molecule has 2 aromatic carbocycles. The molecule has 8 nitrogen and oxygen atoms in total. The Kier molecular flexibility index (Phi) is 6.52. The van der Waals surface area contributed by atoms with Crippen molar-refractivity contribution in [2.75, 3.05) is 26.8 Å². The maximum atomic E-state index is 12.4. The van der Waals surface area contributed by atoms with E-state index in [-0.39, 0.29) is 0 Å². The predicted molar refractivity (Wildman–Crippen MR) is 131 cm³/mol. The molecule has 170 valence electrons. The average molecular weight is 486 g/mol. The zero-order valence-corrected chi connectivity index (χ0v) is 19.8. The van der Waals surface area contributed by atoms with Crippen molar-refractivity contribution in [1.29, 1.82) is 0 Å². The Hall–Kier alpha value is -3.56. The van der Waals surface area contributed by atoms with E-state index in [1.807, 2.05) is 6.92 Å². The molecule has 4 aromatic rings. The van der Waals surface area contributed by atoms with Gasteiger partial charge in [-0.1, -0.05) is 11.6 Å². The molecule has 0 bridgehead atoms. The second-order valence-electron chi connectivity index (χ2n) is 6.89. The lowest BCUT2D eigenvalue weighted by Gasteiger charge is -2.14. The molecule has 0 saturated heterocycles. The Labute approximate surface area is 198 Å². The number of rotatable bonds is 7. The number of anilines is 1. The molecule has 4 rings (SSSR count). The molecule has 10 heteroatoms. The van der Waals surface area contributed by atoms with Crippen LogP contribution in [0, 0.1) is 0 Å². The highest BCUT2D eigenvalue weighted by Gasteiger charge is 2.15. The van der Waals surface area contributed by atoms with Crippen LogP contribution in [0.5, 0.6) is 17.2 Å². The van der Waals surface area contributed by atoms with Gasteiger partial charge in [-0.3, -0.25) is 5.43 Å². The van der Waals surface area contributed by atoms with Gasteiger partial charge < -0.3 is 18.6 Å². The second-order valence-corrected chi connectivity index (χ2v) is 8.19. The molecular formula is C23H20ClN3O5S. The molecule has 1 N–H and O–H groups in total. The van der Waals surface area contributed by atoms with Crippen molar-refractivity contribution in [3.05, 3.63) is 62.8 Å². The van der Waals surface area contributed by atoms with Gasteiger partial charge in [0.2, 0.25) is 10.9 Å². The van der Waals surface area contributed by atoms with Crippen LogP contribution in [-0.2, 0) is 0 Å². The summed E-state index contributed by atoms with van der Waals surface area (Å²) in [4.78, 5) is 16.9. The van der Waals surface area contributed by atoms with E-state index in [1.54, 1.807) is 63.1 Å². The summed E-state index contributed by atoms with van der Waals surface area (Å²) in [5, 5.41) is 7.95. The number of thiazole rings is 1. The van der Waals surface area contributed by atoms with E-state index in [9.17, 15) is 4.79 Å². The first kappa shape index (κ1) is 22.6. The van der Waals surface area contributed by atoms with E-state index in [0.29, 0.717) is 50.0 Å². The number of ether oxygens (including phenoxy) is 3. The van der Waals surface area contributed by atoms with E-state index in [4.69, 9.17) is 30.2 Å². The van der Waals surface area contributed by atoms with Crippen LogP contribution < -0.4 is 25.3 Å². The summed E-state index contributed by atoms with van der Waals surface area (Å²) >= 11 is 7.37. The lowest BCUT2D eigenvalue weighted by atomic mass is 10.1. The van der Waals surface area contributed by atoms with Crippen molar-refractivity contribution in [2.45, 2.75) is 6.92 Å². The third-order valence-electron chi connectivity index (χ3n) is 4.88. The summed E-state index contributed by atoms with van der Waals surface area (Å²) in [5.74, 6) is 1.56. The predicted octanol–water partition coefficient (Wildman–Crippen LogP) is 5.43. The van der Waals surface area contributed by atoms with Crippen molar-refractivity contribution in [3.8, 4) is 28.5 Å². The number of halogens is 1. The summed E-state index contributed by atoms with van der Waals surface area (Å²) in [6, 6.07) is 10.4. The van der Waals surface area contributed by atoms with Crippen molar-refractivity contribution in [2.24, 2.45) is 5.10 Å². The van der Waals surface area contributed by atoms with Crippen molar-refractivity contribution >= 4 is 44.8 Å². The highest BCUT2D eigenvalue weighted by atomic mass is 35.5. The van der Waals surface area contributed by atoms with Crippen molar-refractivity contribution in [3.63, 3.8) is 0 Å². The first-order valence-electron chi connectivity index (χ1n) is 9.73. The van der Waals surface area contributed by atoms with Gasteiger partial charge in [0.05, 0.1) is 38.3 Å². The van der Waals surface area contributed by atoms with Crippen LogP contribution in [0.4, 0.5) is 5.13 Å². The third kappa shape index (κ3) is 4.64. The van der Waals surface area contributed by atoms with Gasteiger partial charge in [0.15, 0.2) is 11.5 Å². The summed E-state index contributed by atoms with van der Waals surface area (Å²) in [6.07, 6.45) is 0. The lowest BCUT2D eigenvalue weighted by molar-refractivity contribution is 0.324. The molecule has 2 aromatic heterocycles. The van der Waals surface area contributed by atoms with Crippen LogP contribution in [0.3, 0.4) is 0 Å². The molecule has 2 heterocycles. The maximum absolute atomic E-state index is 12.4. The van der Waals surface area contributed by atoms with Gasteiger partial charge >= 0.3 is 5.63 Å². The number of fused-ring (bicyclic) bond motifs is 1. The first-order chi connectivity index (χ1) is 15.9. The van der Waals surface area contributed by atoms with Crippen LogP contribution in [0.2, 0.25) is 5.02 Å². The number of methoxy groups -OCH3 is 3. The molecule has 0 spiro atoms. The molecule has 0 atom stereocenters. The van der Waals surface area contributed by atoms with Crippen LogP contribution in [0.1, 0.15) is 12.5 Å². The minimum Gasteiger partial charge on any atom is -0.493 e. The second kappa shape index (κ2) is 9.51. The summed E-state index contributed by atoms with van der Waals surface area (Å²) in [7, 11) is 4.66. The van der Waals surface area contributed by atoms with Gasteiger partial charge in [-0.05, 0) is 43.3 Å². The minimum absolute atomic E-state index is 0.347. The van der Waals surface area contributed by atoms with Gasteiger partial charge in [0, 0.05) is 21.4 Å². The van der Waals surface area contributed by atoms with E-state index in [2.05, 4.69) is 15.5 Å². The number of nitrogens with zero attached hydrogens (tertiary/aromatic N) is 2. The van der Waals surface area contributed by atoms with E-state index >= 15 is 0 Å². The molecule has 33 heavy (non-hydrogen) atoms. The number of benzene rings is 2. The zero-order valence-electron chi connectivity index (χ0n) is 18.3. The van der Waals surface area contributed by atoms with Gasteiger partial charge in [-0.15, -0.1) is 11.3 Å². The molecule has 0 amide bonds. The Morgan fingerprint density at radius 3 is 2.48 bits per heavy atom. The van der Waals surface area contributed by atoms with Crippen LogP contribution in [-0.4, -0.2) is 32.0 Å². The van der Waals surface area contributed by atoms with E-state index in [1.165, 1.54) is 11.3 Å². The van der Waals surface area contributed by atoms with Gasteiger partial charge in [0.25, 0.3) is 0 Å². The van der Waals surface area contributed by atoms with Crippen LogP contribution in [0.25, 0.3) is 22.2 Å². The molecule has 0 saturated carbocycles. The van der Waals surface area contributed by atoms with E-state index in [0.717, 1.165) is 10.9 Å². The molecule has 0 aliphatic carbocycles. The van der Waals surface area contributed by atoms with Gasteiger partial charge in [-0.2, -0.15) is 5.10 Å². The Morgan fingerprint density at radius 1 is 1.09 bits per heavy atom. The summed E-state index contributed by atoms with van der Waals surface area (Å²) in [5.41, 5.74) is 5.21. The summed E-state index contributed by atoms with van der Waals surface area (Å²) in [6.45, 7) is 1.84. The topological polar surface area (TPSA) is 95.2 Å². The Morgan fingerprint density at radius 2 is 1.82 bits per heavy atom. The molecule has 0 unspecified atom stereocenters. The number of aromatic nitrogens is 1. The standard InChI is InChI=1S/C23H20ClN3O5S/c1-12(13-9-19(29-2)21(31-4)20(10-13)30-3)26-27-23-25-17(11-33-23)16-8-14-7-15(24)5-6-18(14)32-22(16)28/h5-11H,1-4H3,(H,25,27)/b26-12+. The van der Waals surface area contributed by atoms with Gasteiger partial charge in [0.1, 0.15) is 5.58 Å². The fourth-order valence-electron chi connectivity index (χ4n) is 3.21. The fourth-order valence-corrected chi connectivity index (χ4v) is 4.04. The molecule has 0 radical (unpaired) electrons. The average Bonchev–Trinajstić information content (AvgIpc) is 3.30.